The summed E-state index contributed by atoms with van der Waals surface area (Å²) in [6.07, 6.45) is 8.34. The van der Waals surface area contributed by atoms with E-state index in [0.29, 0.717) is 36.9 Å². The number of fused-ring (bicyclic) bond motifs is 4. The molecule has 6 atom stereocenters. The van der Waals surface area contributed by atoms with Gasteiger partial charge in [-0.05, 0) is 105 Å². The van der Waals surface area contributed by atoms with Gasteiger partial charge in [0.25, 0.3) is 5.91 Å². The van der Waals surface area contributed by atoms with Crippen LogP contribution in [0.25, 0.3) is 0 Å². The Kier molecular flexibility index (Phi) is 8.07. The largest absolute Gasteiger partial charge is 0.490 e. The summed E-state index contributed by atoms with van der Waals surface area (Å²) in [7, 11) is -3.98. The molecule has 8 nitrogen and oxygen atoms in total. The molecule has 4 aliphatic rings. The molecule has 1 saturated carbocycles. The standard InChI is InChI=1S/C33H41ClN2O6S/c1-21-5-3-14-33(39,19-37)28-10-7-25(28)17-36-18-32(13-4-6-23-15-26(34)9-11-27(23)32)20-42-30-12-8-24(16-29(30)36)31(38)35-43(40,41)22(21)2/h3,8-9,11-12,14-16,21-22,25,28,37,39H,4-7,10,13,17-20H2,1-2H3,(H,35,38)/b14-3+/t21-,22+,25-,28+,32-,33-/m0/s1. The molecule has 6 rings (SSSR count). The summed E-state index contributed by atoms with van der Waals surface area (Å²) in [6, 6.07) is 11.2. The van der Waals surface area contributed by atoms with Crippen LogP contribution in [0.1, 0.15) is 67.4 Å². The first kappa shape index (κ1) is 30.4. The van der Waals surface area contributed by atoms with Gasteiger partial charge in [0.1, 0.15) is 11.4 Å². The lowest BCUT2D eigenvalue weighted by molar-refractivity contribution is -0.0770. The van der Waals surface area contributed by atoms with E-state index in [1.54, 1.807) is 44.2 Å². The molecule has 0 radical (unpaired) electrons. The van der Waals surface area contributed by atoms with E-state index in [1.165, 1.54) is 11.1 Å². The van der Waals surface area contributed by atoms with Crippen molar-refractivity contribution < 1.29 is 28.2 Å². The molecule has 43 heavy (non-hydrogen) atoms. The minimum absolute atomic E-state index is 0.0974. The van der Waals surface area contributed by atoms with Crippen molar-refractivity contribution in [3.05, 3.63) is 70.3 Å². The highest BCUT2D eigenvalue weighted by atomic mass is 35.5. The number of nitrogens with one attached hydrogen (secondary N) is 1. The Morgan fingerprint density at radius 3 is 2.72 bits per heavy atom. The van der Waals surface area contributed by atoms with E-state index >= 15 is 0 Å². The van der Waals surface area contributed by atoms with Crippen LogP contribution in [0, 0.1) is 17.8 Å². The van der Waals surface area contributed by atoms with Crippen LogP contribution in [-0.2, 0) is 21.9 Å². The highest BCUT2D eigenvalue weighted by Crippen LogP contribution is 2.48. The van der Waals surface area contributed by atoms with E-state index in [1.807, 2.05) is 12.1 Å². The number of carbonyl (C=O) groups excluding carboxylic acids is 1. The molecule has 2 aromatic rings. The second-order valence-electron chi connectivity index (χ2n) is 13.2. The van der Waals surface area contributed by atoms with Crippen LogP contribution >= 0.6 is 11.6 Å². The molecule has 2 aliphatic heterocycles. The quantitative estimate of drug-likeness (QED) is 0.395. The molecule has 1 spiro atoms. The van der Waals surface area contributed by atoms with E-state index in [4.69, 9.17) is 16.3 Å². The molecule has 2 heterocycles. The number of aryl methyl sites for hydroxylation is 1. The fraction of sp³-hybridized carbons (Fsp3) is 0.545. The van der Waals surface area contributed by atoms with Gasteiger partial charge >= 0.3 is 0 Å². The first-order valence-corrected chi connectivity index (χ1v) is 17.2. The van der Waals surface area contributed by atoms with E-state index in [2.05, 4.69) is 15.7 Å². The number of aliphatic hydroxyl groups is 2. The summed E-state index contributed by atoms with van der Waals surface area (Å²) in [5.41, 5.74) is 1.68. The maximum atomic E-state index is 13.4. The molecular weight excluding hydrogens is 588 g/mol. The van der Waals surface area contributed by atoms with Crippen LogP contribution in [0.15, 0.2) is 48.6 Å². The van der Waals surface area contributed by atoms with Gasteiger partial charge in [-0.2, -0.15) is 0 Å². The highest BCUT2D eigenvalue weighted by Gasteiger charge is 2.48. The van der Waals surface area contributed by atoms with Crippen LogP contribution in [0.2, 0.25) is 5.02 Å². The Labute approximate surface area is 259 Å². The van der Waals surface area contributed by atoms with Gasteiger partial charge in [-0.1, -0.05) is 36.7 Å². The number of hydrogen-bond donors (Lipinski definition) is 3. The van der Waals surface area contributed by atoms with Crippen LogP contribution < -0.4 is 14.4 Å². The Morgan fingerprint density at radius 1 is 1.16 bits per heavy atom. The lowest BCUT2D eigenvalue weighted by atomic mass is 9.64. The maximum absolute atomic E-state index is 13.4. The van der Waals surface area contributed by atoms with Gasteiger partial charge in [-0.15, -0.1) is 0 Å². The summed E-state index contributed by atoms with van der Waals surface area (Å²) < 4.78 is 35.2. The summed E-state index contributed by atoms with van der Waals surface area (Å²) in [4.78, 5) is 15.6. The number of amides is 1. The lowest BCUT2D eigenvalue weighted by Gasteiger charge is -2.48. The Hall–Kier alpha value is -2.59. The molecule has 2 aliphatic carbocycles. The maximum Gasteiger partial charge on any atom is 0.264 e. The van der Waals surface area contributed by atoms with Crippen molar-refractivity contribution in [1.29, 1.82) is 0 Å². The van der Waals surface area contributed by atoms with Crippen molar-refractivity contribution >= 4 is 33.2 Å². The summed E-state index contributed by atoms with van der Waals surface area (Å²) in [6.45, 7) is 4.65. The zero-order chi connectivity index (χ0) is 30.6. The lowest BCUT2D eigenvalue weighted by Crippen LogP contribution is -2.53. The number of benzene rings is 2. The number of nitrogens with zero attached hydrogens (tertiary/aromatic N) is 1. The van der Waals surface area contributed by atoms with Crippen LogP contribution in [0.3, 0.4) is 0 Å². The normalized spacial score (nSPS) is 34.5. The summed E-state index contributed by atoms with van der Waals surface area (Å²) in [5.74, 6) is -0.424. The van der Waals surface area contributed by atoms with Gasteiger partial charge in [-0.25, -0.2) is 13.1 Å². The average molecular weight is 629 g/mol. The van der Waals surface area contributed by atoms with Crippen LogP contribution in [-0.4, -0.2) is 61.7 Å². The summed E-state index contributed by atoms with van der Waals surface area (Å²) >= 11 is 6.38. The zero-order valence-corrected chi connectivity index (χ0v) is 26.3. The first-order chi connectivity index (χ1) is 20.4. The van der Waals surface area contributed by atoms with Gasteiger partial charge in [-0.3, -0.25) is 4.79 Å². The summed E-state index contributed by atoms with van der Waals surface area (Å²) in [5, 5.41) is 21.8. The number of sulfonamides is 1. The number of rotatable bonds is 1. The molecular formula is C33H41ClN2O6S. The predicted octanol–water partition coefficient (Wildman–Crippen LogP) is 4.61. The number of carbonyl (C=O) groups is 1. The average Bonchev–Trinajstić information content (AvgIpc) is 3.11. The molecule has 0 aromatic heterocycles. The Balaban J connectivity index is 1.45. The van der Waals surface area contributed by atoms with E-state index in [9.17, 15) is 23.4 Å². The Bertz CT molecular complexity index is 1550. The van der Waals surface area contributed by atoms with E-state index in [0.717, 1.165) is 37.8 Å². The molecule has 2 bridgehead atoms. The van der Waals surface area contributed by atoms with E-state index in [-0.39, 0.29) is 28.7 Å². The highest BCUT2D eigenvalue weighted by molar-refractivity contribution is 7.90. The van der Waals surface area contributed by atoms with Crippen molar-refractivity contribution in [3.8, 4) is 5.75 Å². The third-order valence-corrected chi connectivity index (χ3v) is 12.7. The molecule has 3 N–H and O–H groups in total. The number of hydrogen-bond acceptors (Lipinski definition) is 7. The van der Waals surface area contributed by atoms with Gasteiger partial charge in [0.15, 0.2) is 0 Å². The van der Waals surface area contributed by atoms with Gasteiger partial charge in [0, 0.05) is 29.1 Å². The monoisotopic (exact) mass is 628 g/mol. The van der Waals surface area contributed by atoms with Gasteiger partial charge in [0.05, 0.1) is 24.2 Å². The van der Waals surface area contributed by atoms with E-state index < -0.39 is 33.4 Å². The number of halogens is 1. The van der Waals surface area contributed by atoms with Crippen LogP contribution in [0.5, 0.6) is 5.75 Å². The molecule has 0 unspecified atom stereocenters. The molecule has 232 valence electrons. The third-order valence-electron chi connectivity index (χ3n) is 10.5. The molecule has 1 fully saturated rings. The van der Waals surface area contributed by atoms with Crippen LogP contribution in [0.4, 0.5) is 5.69 Å². The molecule has 0 saturated heterocycles. The van der Waals surface area contributed by atoms with Crippen molar-refractivity contribution in [2.24, 2.45) is 17.8 Å². The molecule has 2 aromatic carbocycles. The SMILES string of the molecule is C[C@@H]1[C@@H](C)C/C=C/[C@](O)(CO)[C@@H]2CC[C@H]2CN2C[C@@]3(CCCc4cc(Cl)ccc43)COc3ccc(cc32)C(=O)NS1(=O)=O. The zero-order valence-electron chi connectivity index (χ0n) is 24.8. The number of ether oxygens (including phenoxy) is 1. The van der Waals surface area contributed by atoms with Crippen molar-refractivity contribution in [2.45, 2.75) is 68.6 Å². The van der Waals surface area contributed by atoms with Gasteiger partial charge < -0.3 is 19.8 Å². The van der Waals surface area contributed by atoms with Crippen molar-refractivity contribution in [3.63, 3.8) is 0 Å². The predicted molar refractivity (Wildman–Crippen MR) is 167 cm³/mol. The third kappa shape index (κ3) is 5.58. The second kappa shape index (κ2) is 11.4. The molecule has 10 heteroatoms. The number of allylic oxidation sites excluding steroid dienone is 1. The van der Waals surface area contributed by atoms with Crippen molar-refractivity contribution in [2.75, 3.05) is 31.2 Å². The minimum atomic E-state index is -3.98. The topological polar surface area (TPSA) is 116 Å². The van der Waals surface area contributed by atoms with Gasteiger partial charge in [0.2, 0.25) is 10.0 Å². The molecule has 1 amide bonds. The number of anilines is 1. The second-order valence-corrected chi connectivity index (χ2v) is 15.7. The number of aliphatic hydroxyl groups excluding tert-OH is 1. The Morgan fingerprint density at radius 2 is 1.98 bits per heavy atom. The van der Waals surface area contributed by atoms with Crippen molar-refractivity contribution in [1.82, 2.24) is 4.72 Å². The minimum Gasteiger partial charge on any atom is -0.490 e. The first-order valence-electron chi connectivity index (χ1n) is 15.3. The fourth-order valence-corrected chi connectivity index (χ4v) is 9.02. The fourth-order valence-electron chi connectivity index (χ4n) is 7.54. The smallest absolute Gasteiger partial charge is 0.264 e.